The fraction of sp³-hybridized carbons (Fsp3) is 0.923. The Balaban J connectivity index is 1.90. The Labute approximate surface area is 104 Å². The van der Waals surface area contributed by atoms with E-state index < -0.39 is 5.97 Å². The lowest BCUT2D eigenvalue weighted by Crippen LogP contribution is -2.47. The van der Waals surface area contributed by atoms with Crippen molar-refractivity contribution in [3.05, 3.63) is 0 Å². The molecule has 17 heavy (non-hydrogen) atoms. The van der Waals surface area contributed by atoms with Crippen molar-refractivity contribution >= 4 is 5.97 Å². The molecule has 0 aliphatic carbocycles. The zero-order valence-corrected chi connectivity index (χ0v) is 10.9. The molecule has 4 heteroatoms. The molecule has 0 radical (unpaired) electrons. The van der Waals surface area contributed by atoms with Crippen LogP contribution < -0.4 is 0 Å². The standard InChI is InChI=1S/C13H24N2O2/c1-3-14-7-4-11(5-8-14)15-9-6-12(10(15)2)13(16)17/h10-12H,3-9H2,1-2H3,(H,16,17). The maximum atomic E-state index is 11.1. The van der Waals surface area contributed by atoms with Gasteiger partial charge in [-0.25, -0.2) is 0 Å². The van der Waals surface area contributed by atoms with Gasteiger partial charge in [-0.15, -0.1) is 0 Å². The van der Waals surface area contributed by atoms with Gasteiger partial charge in [-0.1, -0.05) is 6.92 Å². The summed E-state index contributed by atoms with van der Waals surface area (Å²) < 4.78 is 0. The van der Waals surface area contributed by atoms with Gasteiger partial charge >= 0.3 is 5.97 Å². The van der Waals surface area contributed by atoms with Crippen LogP contribution in [0.4, 0.5) is 0 Å². The summed E-state index contributed by atoms with van der Waals surface area (Å²) in [5.74, 6) is -0.773. The second kappa shape index (κ2) is 5.36. The van der Waals surface area contributed by atoms with Crippen molar-refractivity contribution < 1.29 is 9.90 Å². The SMILES string of the molecule is CCN1CCC(N2CCC(C(=O)O)C2C)CC1. The van der Waals surface area contributed by atoms with Gasteiger partial charge in [0.05, 0.1) is 5.92 Å². The summed E-state index contributed by atoms with van der Waals surface area (Å²) >= 11 is 0. The van der Waals surface area contributed by atoms with Gasteiger partial charge in [0.25, 0.3) is 0 Å². The van der Waals surface area contributed by atoms with E-state index in [0.29, 0.717) is 6.04 Å². The highest BCUT2D eigenvalue weighted by Crippen LogP contribution is 2.29. The van der Waals surface area contributed by atoms with Gasteiger partial charge < -0.3 is 10.0 Å². The summed E-state index contributed by atoms with van der Waals surface area (Å²) in [4.78, 5) is 16.0. The molecule has 1 N–H and O–H groups in total. The number of nitrogens with zero attached hydrogens (tertiary/aromatic N) is 2. The Morgan fingerprint density at radius 1 is 1.24 bits per heavy atom. The Bertz CT molecular complexity index is 275. The van der Waals surface area contributed by atoms with Crippen molar-refractivity contribution in [1.29, 1.82) is 0 Å². The summed E-state index contributed by atoms with van der Waals surface area (Å²) in [6.07, 6.45) is 3.22. The first-order valence-corrected chi connectivity index (χ1v) is 6.84. The van der Waals surface area contributed by atoms with Crippen LogP contribution >= 0.6 is 0 Å². The average molecular weight is 240 g/mol. The van der Waals surface area contributed by atoms with Crippen LogP contribution in [0, 0.1) is 5.92 Å². The quantitative estimate of drug-likeness (QED) is 0.806. The predicted molar refractivity (Wildman–Crippen MR) is 67.0 cm³/mol. The van der Waals surface area contributed by atoms with Crippen LogP contribution in [-0.4, -0.2) is 59.1 Å². The van der Waals surface area contributed by atoms with Crippen molar-refractivity contribution in [1.82, 2.24) is 9.80 Å². The normalized spacial score (nSPS) is 33.1. The maximum absolute atomic E-state index is 11.1. The van der Waals surface area contributed by atoms with Crippen LogP contribution in [0.25, 0.3) is 0 Å². The Morgan fingerprint density at radius 3 is 2.35 bits per heavy atom. The van der Waals surface area contributed by atoms with E-state index in [2.05, 4.69) is 23.6 Å². The number of carboxylic acids is 1. The van der Waals surface area contributed by atoms with Crippen molar-refractivity contribution in [3.63, 3.8) is 0 Å². The molecule has 2 saturated heterocycles. The minimum absolute atomic E-state index is 0.154. The van der Waals surface area contributed by atoms with Crippen molar-refractivity contribution in [2.24, 2.45) is 5.92 Å². The number of hydrogen-bond donors (Lipinski definition) is 1. The lowest BCUT2D eigenvalue weighted by molar-refractivity contribution is -0.142. The highest BCUT2D eigenvalue weighted by molar-refractivity contribution is 5.71. The van der Waals surface area contributed by atoms with E-state index in [9.17, 15) is 4.79 Å². The second-order valence-corrected chi connectivity index (χ2v) is 5.38. The fourth-order valence-corrected chi connectivity index (χ4v) is 3.38. The van der Waals surface area contributed by atoms with Crippen molar-refractivity contribution in [2.45, 2.75) is 45.2 Å². The van der Waals surface area contributed by atoms with Crippen molar-refractivity contribution in [2.75, 3.05) is 26.2 Å². The first-order valence-electron chi connectivity index (χ1n) is 6.84. The molecule has 2 rings (SSSR count). The molecule has 0 aromatic carbocycles. The fourth-order valence-electron chi connectivity index (χ4n) is 3.38. The molecule has 2 fully saturated rings. The number of aliphatic carboxylic acids is 1. The lowest BCUT2D eigenvalue weighted by Gasteiger charge is -2.38. The Morgan fingerprint density at radius 2 is 1.88 bits per heavy atom. The highest BCUT2D eigenvalue weighted by Gasteiger charge is 2.39. The smallest absolute Gasteiger partial charge is 0.308 e. The monoisotopic (exact) mass is 240 g/mol. The molecule has 0 aromatic rings. The third-order valence-electron chi connectivity index (χ3n) is 4.59. The molecule has 0 spiro atoms. The van der Waals surface area contributed by atoms with Gasteiger partial charge in [-0.3, -0.25) is 9.69 Å². The van der Waals surface area contributed by atoms with E-state index in [1.54, 1.807) is 0 Å². The summed E-state index contributed by atoms with van der Waals surface area (Å²) in [6.45, 7) is 8.73. The van der Waals surface area contributed by atoms with E-state index in [1.807, 2.05) is 0 Å². The summed E-state index contributed by atoms with van der Waals surface area (Å²) in [5.41, 5.74) is 0. The Kier molecular flexibility index (Phi) is 4.05. The lowest BCUT2D eigenvalue weighted by atomic mass is 9.99. The van der Waals surface area contributed by atoms with Crippen LogP contribution in [0.3, 0.4) is 0 Å². The molecule has 0 amide bonds. The predicted octanol–water partition coefficient (Wildman–Crippen LogP) is 1.27. The summed E-state index contributed by atoms with van der Waals surface area (Å²) in [5, 5.41) is 9.15. The first-order chi connectivity index (χ1) is 8.13. The molecule has 2 atom stereocenters. The number of rotatable bonds is 3. The minimum Gasteiger partial charge on any atom is -0.481 e. The zero-order valence-electron chi connectivity index (χ0n) is 10.9. The summed E-state index contributed by atoms with van der Waals surface area (Å²) in [6, 6.07) is 0.822. The molecule has 4 nitrogen and oxygen atoms in total. The van der Waals surface area contributed by atoms with E-state index in [1.165, 1.54) is 25.9 Å². The third kappa shape index (κ3) is 2.63. The summed E-state index contributed by atoms with van der Waals surface area (Å²) in [7, 11) is 0. The third-order valence-corrected chi connectivity index (χ3v) is 4.59. The zero-order chi connectivity index (χ0) is 12.4. The van der Waals surface area contributed by atoms with Gasteiger partial charge in [0.15, 0.2) is 0 Å². The topological polar surface area (TPSA) is 43.8 Å². The van der Waals surface area contributed by atoms with Gasteiger partial charge in [-0.2, -0.15) is 0 Å². The van der Waals surface area contributed by atoms with E-state index >= 15 is 0 Å². The van der Waals surface area contributed by atoms with Crippen LogP contribution in [0.1, 0.15) is 33.1 Å². The maximum Gasteiger partial charge on any atom is 0.308 e. The molecule has 2 unspecified atom stereocenters. The first kappa shape index (κ1) is 12.8. The van der Waals surface area contributed by atoms with E-state index in [-0.39, 0.29) is 12.0 Å². The van der Waals surface area contributed by atoms with Gasteiger partial charge in [0.1, 0.15) is 0 Å². The van der Waals surface area contributed by atoms with Crippen LogP contribution in [0.15, 0.2) is 0 Å². The van der Waals surface area contributed by atoms with Crippen LogP contribution in [-0.2, 0) is 4.79 Å². The molecule has 2 aliphatic heterocycles. The average Bonchev–Trinajstić information content (AvgIpc) is 2.71. The second-order valence-electron chi connectivity index (χ2n) is 5.38. The number of carbonyl (C=O) groups is 1. The van der Waals surface area contributed by atoms with Crippen molar-refractivity contribution in [3.8, 4) is 0 Å². The molecule has 98 valence electrons. The van der Waals surface area contributed by atoms with Crippen LogP contribution in [0.5, 0.6) is 0 Å². The van der Waals surface area contributed by atoms with E-state index in [4.69, 9.17) is 5.11 Å². The molecule has 0 aromatic heterocycles. The molecule has 0 bridgehead atoms. The number of hydrogen-bond acceptors (Lipinski definition) is 3. The number of carboxylic acid groups (broad SMARTS) is 1. The molecule has 2 aliphatic rings. The molecule has 0 saturated carbocycles. The van der Waals surface area contributed by atoms with E-state index in [0.717, 1.165) is 19.5 Å². The molecular weight excluding hydrogens is 216 g/mol. The molecular formula is C13H24N2O2. The Hall–Kier alpha value is -0.610. The molecule has 2 heterocycles. The van der Waals surface area contributed by atoms with Gasteiger partial charge in [-0.05, 0) is 52.4 Å². The highest BCUT2D eigenvalue weighted by atomic mass is 16.4. The minimum atomic E-state index is -0.619. The van der Waals surface area contributed by atoms with Crippen LogP contribution in [0.2, 0.25) is 0 Å². The number of likely N-dealkylation sites (tertiary alicyclic amines) is 2. The van der Waals surface area contributed by atoms with Gasteiger partial charge in [0.2, 0.25) is 0 Å². The van der Waals surface area contributed by atoms with Gasteiger partial charge in [0, 0.05) is 12.1 Å². The number of piperidine rings is 1. The largest absolute Gasteiger partial charge is 0.481 e.